The fraction of sp³-hybridized carbons (Fsp3) is 0.300. The third-order valence-electron chi connectivity index (χ3n) is 1.92. The van der Waals surface area contributed by atoms with Gasteiger partial charge in [0.1, 0.15) is 5.75 Å². The summed E-state index contributed by atoms with van der Waals surface area (Å²) in [6.07, 6.45) is 0.862. The van der Waals surface area contributed by atoms with Gasteiger partial charge < -0.3 is 4.74 Å². The molecule has 1 aromatic rings. The third kappa shape index (κ3) is 3.48. The van der Waals surface area contributed by atoms with Crippen molar-refractivity contribution in [2.75, 3.05) is 19.1 Å². The maximum atomic E-state index is 13.2. The summed E-state index contributed by atoms with van der Waals surface area (Å²) in [5.41, 5.74) is -0.341. The molecule has 1 rings (SSSR count). The van der Waals surface area contributed by atoms with E-state index in [2.05, 4.69) is 4.74 Å². The number of hydrogen-bond donors (Lipinski definition) is 0. The third-order valence-corrected chi connectivity index (χ3v) is 2.70. The monoisotopic (exact) mass is 264 g/mol. The van der Waals surface area contributed by atoms with E-state index in [-0.39, 0.29) is 5.56 Å². The van der Waals surface area contributed by atoms with Crippen LogP contribution in [-0.2, 0) is 9.84 Å². The minimum absolute atomic E-state index is 0.341. The Bertz CT molecular complexity index is 528. The molecule has 0 atom stereocenters. The lowest BCUT2D eigenvalue weighted by molar-refractivity contribution is 0.102. The highest BCUT2D eigenvalue weighted by molar-refractivity contribution is 7.91. The number of benzene rings is 1. The van der Waals surface area contributed by atoms with Gasteiger partial charge in [0.05, 0.1) is 7.11 Å². The molecule has 0 amide bonds. The molecule has 0 spiro atoms. The van der Waals surface area contributed by atoms with E-state index in [4.69, 9.17) is 0 Å². The van der Waals surface area contributed by atoms with Crippen molar-refractivity contribution in [1.29, 1.82) is 0 Å². The topological polar surface area (TPSA) is 60.4 Å². The summed E-state index contributed by atoms with van der Waals surface area (Å²) in [5, 5.41) is 0. The molecule has 0 aliphatic heterocycles. The number of halogens is 2. The average molecular weight is 264 g/mol. The van der Waals surface area contributed by atoms with Gasteiger partial charge in [0.15, 0.2) is 33.0 Å². The summed E-state index contributed by atoms with van der Waals surface area (Å²) in [5.74, 6) is -4.37. The number of carbonyl (C=O) groups excluding carboxylic acids is 1. The zero-order valence-electron chi connectivity index (χ0n) is 9.16. The first-order valence-electron chi connectivity index (χ1n) is 4.48. The second kappa shape index (κ2) is 4.79. The van der Waals surface area contributed by atoms with Crippen LogP contribution < -0.4 is 4.74 Å². The number of ketones is 1. The molecule has 0 radical (unpaired) electrons. The maximum absolute atomic E-state index is 13.2. The van der Waals surface area contributed by atoms with Crippen molar-refractivity contribution in [3.05, 3.63) is 29.3 Å². The van der Waals surface area contributed by atoms with Crippen LogP contribution in [0, 0.1) is 11.6 Å². The highest BCUT2D eigenvalue weighted by Crippen LogP contribution is 2.23. The molecule has 0 heterocycles. The van der Waals surface area contributed by atoms with Gasteiger partial charge in [-0.2, -0.15) is 0 Å². The molecule has 7 heteroatoms. The van der Waals surface area contributed by atoms with Gasteiger partial charge in [0.25, 0.3) is 0 Å². The molecule has 1 aromatic carbocycles. The van der Waals surface area contributed by atoms with Gasteiger partial charge in [-0.1, -0.05) is 0 Å². The van der Waals surface area contributed by atoms with Crippen LogP contribution in [0.4, 0.5) is 8.78 Å². The van der Waals surface area contributed by atoms with Crippen molar-refractivity contribution in [3.8, 4) is 5.75 Å². The van der Waals surface area contributed by atoms with Crippen molar-refractivity contribution in [1.82, 2.24) is 0 Å². The Kier molecular flexibility index (Phi) is 3.82. The Morgan fingerprint density at radius 1 is 1.29 bits per heavy atom. The first-order chi connectivity index (χ1) is 7.74. The Morgan fingerprint density at radius 3 is 2.12 bits per heavy atom. The highest BCUT2D eigenvalue weighted by Gasteiger charge is 2.18. The van der Waals surface area contributed by atoms with Crippen molar-refractivity contribution >= 4 is 15.6 Å². The van der Waals surface area contributed by atoms with E-state index in [0.29, 0.717) is 0 Å². The summed E-state index contributed by atoms with van der Waals surface area (Å²) in [4.78, 5) is 11.4. The summed E-state index contributed by atoms with van der Waals surface area (Å²) in [6, 6.07) is 1.49. The Balaban J connectivity index is 3.13. The minimum Gasteiger partial charge on any atom is -0.491 e. The summed E-state index contributed by atoms with van der Waals surface area (Å²) < 4.78 is 52.7. The molecule has 94 valence electrons. The van der Waals surface area contributed by atoms with Gasteiger partial charge in [-0.3, -0.25) is 4.79 Å². The Hall–Kier alpha value is -1.50. The lowest BCUT2D eigenvalue weighted by Gasteiger charge is -2.05. The minimum atomic E-state index is -3.54. The maximum Gasteiger partial charge on any atom is 0.190 e. The predicted octanol–water partition coefficient (Wildman–Crippen LogP) is 1.20. The number of rotatable bonds is 4. The molecule has 0 saturated carbocycles. The smallest absolute Gasteiger partial charge is 0.190 e. The van der Waals surface area contributed by atoms with Crippen LogP contribution >= 0.6 is 0 Å². The first kappa shape index (κ1) is 13.6. The lowest BCUT2D eigenvalue weighted by Crippen LogP contribution is -2.15. The van der Waals surface area contributed by atoms with Gasteiger partial charge in [0.2, 0.25) is 0 Å². The van der Waals surface area contributed by atoms with Crippen LogP contribution in [0.15, 0.2) is 12.1 Å². The van der Waals surface area contributed by atoms with E-state index in [1.807, 2.05) is 0 Å². The number of Topliss-reactive ketones (excluding diaryl/α,β-unsaturated/α-hetero) is 1. The van der Waals surface area contributed by atoms with E-state index in [0.717, 1.165) is 25.5 Å². The van der Waals surface area contributed by atoms with E-state index >= 15 is 0 Å². The van der Waals surface area contributed by atoms with Gasteiger partial charge in [-0.25, -0.2) is 17.2 Å². The van der Waals surface area contributed by atoms with Gasteiger partial charge >= 0.3 is 0 Å². The summed E-state index contributed by atoms with van der Waals surface area (Å²) in [6.45, 7) is 0. The van der Waals surface area contributed by atoms with Crippen molar-refractivity contribution in [2.45, 2.75) is 0 Å². The highest BCUT2D eigenvalue weighted by atomic mass is 32.2. The quantitative estimate of drug-likeness (QED) is 0.767. The fourth-order valence-electron chi connectivity index (χ4n) is 1.24. The Labute approximate surface area is 97.1 Å². The van der Waals surface area contributed by atoms with Crippen molar-refractivity contribution in [2.24, 2.45) is 0 Å². The predicted molar refractivity (Wildman–Crippen MR) is 57.0 cm³/mol. The van der Waals surface area contributed by atoms with Crippen molar-refractivity contribution in [3.63, 3.8) is 0 Å². The lowest BCUT2D eigenvalue weighted by atomic mass is 10.1. The first-order valence-corrected chi connectivity index (χ1v) is 6.54. The van der Waals surface area contributed by atoms with Crippen LogP contribution in [0.3, 0.4) is 0 Å². The van der Waals surface area contributed by atoms with Gasteiger partial charge in [-0.15, -0.1) is 0 Å². The summed E-state index contributed by atoms with van der Waals surface area (Å²) in [7, 11) is -2.46. The normalized spacial score (nSPS) is 11.3. The molecular weight excluding hydrogens is 254 g/mol. The van der Waals surface area contributed by atoms with E-state index in [1.165, 1.54) is 0 Å². The molecule has 0 fully saturated rings. The van der Waals surface area contributed by atoms with E-state index in [9.17, 15) is 22.0 Å². The second-order valence-electron chi connectivity index (χ2n) is 3.47. The van der Waals surface area contributed by atoms with Crippen LogP contribution in [0.1, 0.15) is 10.4 Å². The van der Waals surface area contributed by atoms with Crippen LogP contribution in [0.2, 0.25) is 0 Å². The fourth-order valence-corrected chi connectivity index (χ4v) is 1.88. The standard InChI is InChI=1S/C10H10F2O4S/c1-16-10-7(11)3-6(4-8(10)12)9(13)5-17(2,14)15/h3-4H,5H2,1-2H3. The zero-order chi connectivity index (χ0) is 13.2. The zero-order valence-corrected chi connectivity index (χ0v) is 9.98. The molecule has 0 aliphatic carbocycles. The van der Waals surface area contributed by atoms with Gasteiger partial charge in [0, 0.05) is 11.8 Å². The summed E-state index contributed by atoms with van der Waals surface area (Å²) >= 11 is 0. The average Bonchev–Trinajstić information content (AvgIpc) is 2.14. The largest absolute Gasteiger partial charge is 0.491 e. The molecular formula is C10H10F2O4S. The molecule has 0 saturated heterocycles. The van der Waals surface area contributed by atoms with Crippen LogP contribution in [0.25, 0.3) is 0 Å². The molecule has 0 unspecified atom stereocenters. The number of methoxy groups -OCH3 is 1. The second-order valence-corrected chi connectivity index (χ2v) is 5.61. The van der Waals surface area contributed by atoms with Crippen LogP contribution in [-0.4, -0.2) is 33.3 Å². The Morgan fingerprint density at radius 2 is 1.76 bits per heavy atom. The number of carbonyl (C=O) groups is 1. The molecule has 0 aliphatic rings. The molecule has 17 heavy (non-hydrogen) atoms. The van der Waals surface area contributed by atoms with E-state index < -0.39 is 38.8 Å². The van der Waals surface area contributed by atoms with Crippen molar-refractivity contribution < 1.29 is 26.7 Å². The molecule has 4 nitrogen and oxygen atoms in total. The number of hydrogen-bond acceptors (Lipinski definition) is 4. The number of ether oxygens (including phenoxy) is 1. The van der Waals surface area contributed by atoms with E-state index in [1.54, 1.807) is 0 Å². The molecule has 0 aromatic heterocycles. The van der Waals surface area contributed by atoms with Gasteiger partial charge in [-0.05, 0) is 12.1 Å². The number of sulfone groups is 1. The molecule has 0 N–H and O–H groups in total. The SMILES string of the molecule is COc1c(F)cc(C(=O)CS(C)(=O)=O)cc1F. The molecule has 0 bridgehead atoms. The van der Waals surface area contributed by atoms with Crippen LogP contribution in [0.5, 0.6) is 5.75 Å².